The normalized spacial score (nSPS) is 12.2. The summed E-state index contributed by atoms with van der Waals surface area (Å²) in [6.07, 6.45) is -2.74. The van der Waals surface area contributed by atoms with Crippen LogP contribution in [0, 0.1) is 13.8 Å². The van der Waals surface area contributed by atoms with Gasteiger partial charge in [0.1, 0.15) is 36.2 Å². The zero-order valence-electron chi connectivity index (χ0n) is 30.6. The fourth-order valence-electron chi connectivity index (χ4n) is 5.90. The second-order valence-corrected chi connectivity index (χ2v) is 13.5. The van der Waals surface area contributed by atoms with Crippen molar-refractivity contribution in [3.05, 3.63) is 104 Å². The minimum atomic E-state index is -1.07. The molecule has 0 aromatic heterocycles. The number of hydrogen-bond acceptors (Lipinski definition) is 10. The van der Waals surface area contributed by atoms with Crippen LogP contribution in [0.1, 0.15) is 46.2 Å². The molecule has 0 bridgehead atoms. The zero-order chi connectivity index (χ0) is 39.4. The number of carbonyl (C=O) groups is 2. The molecule has 0 saturated carbocycles. The Morgan fingerprint density at radius 3 is 1.37 bits per heavy atom. The molecular weight excluding hydrogens is 739 g/mol. The molecule has 0 radical (unpaired) electrons. The SMILES string of the molecule is COc1cc(OCc2cccc(-c3cccc(COc4cc(OC)c(CNCC(O)CC(=O)O)cc4Cl)c3C)c2C)c(Cl)cc1CNCC(O)CC(=O)O. The third kappa shape index (κ3) is 11.7. The van der Waals surface area contributed by atoms with Crippen molar-refractivity contribution in [2.75, 3.05) is 27.3 Å². The molecule has 2 unspecified atom stereocenters. The van der Waals surface area contributed by atoms with Crippen LogP contribution < -0.4 is 29.6 Å². The number of benzene rings is 4. The number of aliphatic hydroxyl groups excluding tert-OH is 2. The number of aliphatic carboxylic acids is 2. The molecule has 290 valence electrons. The molecule has 0 aliphatic rings. The van der Waals surface area contributed by atoms with Crippen LogP contribution in [0.25, 0.3) is 11.1 Å². The van der Waals surface area contributed by atoms with Crippen molar-refractivity contribution in [2.24, 2.45) is 0 Å². The molecule has 2 atom stereocenters. The predicted octanol–water partition coefficient (Wildman–Crippen LogP) is 6.30. The molecule has 14 heteroatoms. The number of rotatable bonds is 21. The molecule has 0 heterocycles. The second kappa shape index (κ2) is 20.2. The van der Waals surface area contributed by atoms with E-state index in [1.165, 1.54) is 14.2 Å². The van der Waals surface area contributed by atoms with E-state index in [-0.39, 0.29) is 39.1 Å². The first-order valence-corrected chi connectivity index (χ1v) is 17.9. The summed E-state index contributed by atoms with van der Waals surface area (Å²) in [5.41, 5.74) is 7.54. The molecule has 0 spiro atoms. The van der Waals surface area contributed by atoms with Crippen LogP contribution in [0.2, 0.25) is 10.0 Å². The lowest BCUT2D eigenvalue weighted by atomic mass is 9.92. The Morgan fingerprint density at radius 2 is 1.02 bits per heavy atom. The van der Waals surface area contributed by atoms with Gasteiger partial charge >= 0.3 is 11.9 Å². The van der Waals surface area contributed by atoms with E-state index < -0.39 is 24.1 Å². The van der Waals surface area contributed by atoms with Crippen molar-refractivity contribution >= 4 is 35.1 Å². The quantitative estimate of drug-likeness (QED) is 0.0557. The number of carboxylic acids is 2. The first-order valence-electron chi connectivity index (χ1n) is 17.2. The first kappa shape index (κ1) is 42.2. The van der Waals surface area contributed by atoms with Crippen LogP contribution in [0.4, 0.5) is 0 Å². The van der Waals surface area contributed by atoms with E-state index in [4.69, 9.17) is 52.4 Å². The van der Waals surface area contributed by atoms with Crippen LogP contribution >= 0.6 is 23.2 Å². The smallest absolute Gasteiger partial charge is 0.306 e. The molecule has 4 aromatic carbocycles. The van der Waals surface area contributed by atoms with Crippen molar-refractivity contribution in [2.45, 2.75) is 65.2 Å². The van der Waals surface area contributed by atoms with Gasteiger partial charge in [0.25, 0.3) is 0 Å². The molecule has 4 rings (SSSR count). The van der Waals surface area contributed by atoms with Gasteiger partial charge in [-0.2, -0.15) is 0 Å². The third-order valence-electron chi connectivity index (χ3n) is 8.83. The minimum absolute atomic E-state index is 0.0975. The lowest BCUT2D eigenvalue weighted by Crippen LogP contribution is -2.28. The van der Waals surface area contributed by atoms with Crippen molar-refractivity contribution in [1.29, 1.82) is 0 Å². The van der Waals surface area contributed by atoms with Crippen molar-refractivity contribution in [3.8, 4) is 34.1 Å². The van der Waals surface area contributed by atoms with Gasteiger partial charge in [0.15, 0.2) is 0 Å². The van der Waals surface area contributed by atoms with Gasteiger partial charge in [-0.3, -0.25) is 9.59 Å². The number of aliphatic hydroxyl groups is 2. The molecular formula is C40H46Cl2N2O10. The van der Waals surface area contributed by atoms with E-state index >= 15 is 0 Å². The largest absolute Gasteiger partial charge is 0.496 e. The molecule has 0 aliphatic heterocycles. The summed E-state index contributed by atoms with van der Waals surface area (Å²) < 4.78 is 23.5. The summed E-state index contributed by atoms with van der Waals surface area (Å²) in [4.78, 5) is 21.6. The minimum Gasteiger partial charge on any atom is -0.496 e. The Hall–Kier alpha value is -4.56. The third-order valence-corrected chi connectivity index (χ3v) is 9.42. The molecule has 0 aliphatic carbocycles. The number of methoxy groups -OCH3 is 2. The number of ether oxygens (including phenoxy) is 4. The number of carboxylic acid groups (broad SMARTS) is 2. The van der Waals surface area contributed by atoms with Crippen LogP contribution in [0.15, 0.2) is 60.7 Å². The van der Waals surface area contributed by atoms with Crippen molar-refractivity contribution in [3.63, 3.8) is 0 Å². The zero-order valence-corrected chi connectivity index (χ0v) is 32.1. The summed E-state index contributed by atoms with van der Waals surface area (Å²) in [7, 11) is 3.07. The summed E-state index contributed by atoms with van der Waals surface area (Å²) in [5, 5.41) is 44.2. The average molecular weight is 786 g/mol. The first-order chi connectivity index (χ1) is 25.8. The van der Waals surface area contributed by atoms with E-state index in [1.807, 2.05) is 38.1 Å². The van der Waals surface area contributed by atoms with Gasteiger partial charge in [-0.05, 0) is 59.4 Å². The van der Waals surface area contributed by atoms with Crippen molar-refractivity contribution in [1.82, 2.24) is 10.6 Å². The molecule has 0 saturated heterocycles. The van der Waals surface area contributed by atoms with Gasteiger partial charge < -0.3 is 50.0 Å². The summed E-state index contributed by atoms with van der Waals surface area (Å²) in [6.45, 7) is 5.39. The topological polar surface area (TPSA) is 176 Å². The summed E-state index contributed by atoms with van der Waals surface area (Å²) in [5.74, 6) is -0.192. The highest BCUT2D eigenvalue weighted by Gasteiger charge is 2.17. The van der Waals surface area contributed by atoms with E-state index in [9.17, 15) is 19.8 Å². The summed E-state index contributed by atoms with van der Waals surface area (Å²) >= 11 is 13.2. The maximum Gasteiger partial charge on any atom is 0.306 e. The summed E-state index contributed by atoms with van der Waals surface area (Å²) in [6, 6.07) is 19.0. The molecule has 4 aromatic rings. The Balaban J connectivity index is 1.43. The molecule has 6 N–H and O–H groups in total. The Labute approximate surface area is 324 Å². The van der Waals surface area contributed by atoms with Gasteiger partial charge in [-0.15, -0.1) is 0 Å². The fourth-order valence-corrected chi connectivity index (χ4v) is 6.38. The van der Waals surface area contributed by atoms with E-state index in [1.54, 1.807) is 24.3 Å². The van der Waals surface area contributed by atoms with Crippen molar-refractivity contribution < 1.29 is 49.0 Å². The van der Waals surface area contributed by atoms with E-state index in [0.717, 1.165) is 44.5 Å². The fraction of sp³-hybridized carbons (Fsp3) is 0.350. The van der Waals surface area contributed by atoms with E-state index in [0.29, 0.717) is 46.1 Å². The maximum absolute atomic E-state index is 10.8. The molecule has 12 nitrogen and oxygen atoms in total. The van der Waals surface area contributed by atoms with Gasteiger partial charge in [0, 0.05) is 49.4 Å². The molecule has 0 amide bonds. The van der Waals surface area contributed by atoms with E-state index in [2.05, 4.69) is 22.8 Å². The van der Waals surface area contributed by atoms with Gasteiger partial charge in [-0.1, -0.05) is 59.6 Å². The number of nitrogens with one attached hydrogen (secondary N) is 2. The van der Waals surface area contributed by atoms with Crippen LogP contribution in [-0.2, 0) is 35.9 Å². The van der Waals surface area contributed by atoms with Crippen LogP contribution in [0.3, 0.4) is 0 Å². The van der Waals surface area contributed by atoms with Gasteiger partial charge in [0.2, 0.25) is 0 Å². The maximum atomic E-state index is 10.8. The van der Waals surface area contributed by atoms with Gasteiger partial charge in [-0.25, -0.2) is 0 Å². The average Bonchev–Trinajstić information content (AvgIpc) is 3.11. The second-order valence-electron chi connectivity index (χ2n) is 12.7. The number of hydrogen-bond donors (Lipinski definition) is 6. The predicted molar refractivity (Wildman–Crippen MR) is 206 cm³/mol. The monoisotopic (exact) mass is 784 g/mol. The lowest BCUT2D eigenvalue weighted by molar-refractivity contribution is -0.140. The number of halogens is 2. The highest BCUT2D eigenvalue weighted by molar-refractivity contribution is 6.32. The lowest BCUT2D eigenvalue weighted by Gasteiger charge is -2.18. The highest BCUT2D eigenvalue weighted by atomic mass is 35.5. The Kier molecular flexibility index (Phi) is 15.8. The Bertz CT molecular complexity index is 1790. The molecule has 54 heavy (non-hydrogen) atoms. The standard InChI is InChI=1S/C40H46Cl2N2O10/c1-23-25(21-53-37-15-35(51-3)27(11-33(37)41)17-43-19-29(45)13-39(47)48)7-5-9-31(23)32-10-6-8-26(24(32)2)22-54-38-16-36(52-4)28(12-34(38)42)18-44-20-30(46)14-40(49)50/h5-12,15-16,29-30,43-46H,13-14,17-22H2,1-4H3,(H,47,48)(H,49,50). The van der Waals surface area contributed by atoms with Gasteiger partial charge in [0.05, 0.1) is 49.3 Å². The Morgan fingerprint density at radius 1 is 0.630 bits per heavy atom. The van der Waals surface area contributed by atoms with Crippen LogP contribution in [0.5, 0.6) is 23.0 Å². The molecule has 0 fully saturated rings. The highest BCUT2D eigenvalue weighted by Crippen LogP contribution is 2.36. The van der Waals surface area contributed by atoms with Crippen LogP contribution in [-0.4, -0.2) is 71.9 Å².